The molecule has 4 nitrogen and oxygen atoms in total. The summed E-state index contributed by atoms with van der Waals surface area (Å²) >= 11 is 2.94. The Bertz CT molecular complexity index is 130. The minimum Gasteiger partial charge on any atom is -0.468 e. The van der Waals surface area contributed by atoms with Crippen molar-refractivity contribution in [2.45, 2.75) is 6.92 Å². The van der Waals surface area contributed by atoms with Crippen LogP contribution in [0, 0.1) is 5.92 Å². The molecule has 0 spiro atoms. The molecule has 0 bridgehead atoms. The highest BCUT2D eigenvalue weighted by Crippen LogP contribution is 1.98. The van der Waals surface area contributed by atoms with Crippen LogP contribution < -0.4 is 0 Å². The van der Waals surface area contributed by atoms with Gasteiger partial charge in [-0.25, -0.2) is 0 Å². The van der Waals surface area contributed by atoms with Crippen LogP contribution in [0.5, 0.6) is 0 Å². The van der Waals surface area contributed by atoms with E-state index in [1.54, 1.807) is 0 Å². The molecular weight excluding hydrogens is 228 g/mol. The SMILES string of the molecule is CBr.COC(=O)C(C)C(=O)OC. The van der Waals surface area contributed by atoms with E-state index in [0.717, 1.165) is 0 Å². The van der Waals surface area contributed by atoms with Gasteiger partial charge in [0.2, 0.25) is 0 Å². The van der Waals surface area contributed by atoms with Crippen molar-refractivity contribution < 1.29 is 19.1 Å². The lowest BCUT2D eigenvalue weighted by molar-refractivity contribution is -0.157. The van der Waals surface area contributed by atoms with E-state index >= 15 is 0 Å². The van der Waals surface area contributed by atoms with Gasteiger partial charge in [-0.1, -0.05) is 15.9 Å². The van der Waals surface area contributed by atoms with Crippen molar-refractivity contribution in [2.24, 2.45) is 5.92 Å². The molecule has 72 valence electrons. The second kappa shape index (κ2) is 8.52. The molecule has 0 aliphatic rings. The van der Waals surface area contributed by atoms with Crippen LogP contribution in [0.2, 0.25) is 0 Å². The van der Waals surface area contributed by atoms with Crippen LogP contribution >= 0.6 is 15.9 Å². The Morgan fingerprint density at radius 1 is 1.08 bits per heavy atom. The molecule has 0 saturated carbocycles. The fourth-order valence-electron chi connectivity index (χ4n) is 0.450. The number of carbonyl (C=O) groups excluding carboxylic acids is 2. The van der Waals surface area contributed by atoms with E-state index < -0.39 is 17.9 Å². The Kier molecular flexibility index (Phi) is 9.92. The van der Waals surface area contributed by atoms with Gasteiger partial charge in [-0.15, -0.1) is 0 Å². The third kappa shape index (κ3) is 5.12. The predicted octanol–water partition coefficient (Wildman–Crippen LogP) is 0.980. The molecule has 0 aromatic carbocycles. The fourth-order valence-corrected chi connectivity index (χ4v) is 0.450. The van der Waals surface area contributed by atoms with Crippen molar-refractivity contribution >= 4 is 27.9 Å². The number of hydrogen-bond acceptors (Lipinski definition) is 4. The molecule has 0 rings (SSSR count). The zero-order valence-electron chi connectivity index (χ0n) is 7.59. The first-order chi connectivity index (χ1) is 5.63. The maximum absolute atomic E-state index is 10.6. The topological polar surface area (TPSA) is 52.6 Å². The molecule has 0 aromatic heterocycles. The number of methoxy groups -OCH3 is 2. The van der Waals surface area contributed by atoms with E-state index in [1.807, 2.05) is 5.83 Å². The first kappa shape index (κ1) is 14.0. The van der Waals surface area contributed by atoms with E-state index in [4.69, 9.17) is 0 Å². The lowest BCUT2D eigenvalue weighted by atomic mass is 10.2. The average molecular weight is 241 g/mol. The Morgan fingerprint density at radius 3 is 1.50 bits per heavy atom. The fraction of sp³-hybridized carbons (Fsp3) is 0.714. The van der Waals surface area contributed by atoms with Gasteiger partial charge in [-0.3, -0.25) is 9.59 Å². The lowest BCUT2D eigenvalue weighted by Gasteiger charge is -2.04. The maximum Gasteiger partial charge on any atom is 0.319 e. The van der Waals surface area contributed by atoms with Gasteiger partial charge >= 0.3 is 11.9 Å². The van der Waals surface area contributed by atoms with Crippen LogP contribution in [-0.2, 0) is 19.1 Å². The summed E-state index contributed by atoms with van der Waals surface area (Å²) in [5, 5.41) is 0. The summed E-state index contributed by atoms with van der Waals surface area (Å²) in [5.74, 6) is -0.166. The minimum absolute atomic E-state index is 0.577. The van der Waals surface area contributed by atoms with Gasteiger partial charge in [-0.05, 0) is 12.8 Å². The Hall–Kier alpha value is -0.580. The highest BCUT2D eigenvalue weighted by molar-refractivity contribution is 9.08. The van der Waals surface area contributed by atoms with E-state index in [-0.39, 0.29) is 0 Å². The molecular formula is C7H13BrO4. The van der Waals surface area contributed by atoms with Crippen LogP contribution in [0.25, 0.3) is 0 Å². The summed E-state index contributed by atoms with van der Waals surface area (Å²) in [6.45, 7) is 1.43. The van der Waals surface area contributed by atoms with E-state index in [2.05, 4.69) is 25.4 Å². The number of rotatable bonds is 2. The monoisotopic (exact) mass is 240 g/mol. The highest BCUT2D eigenvalue weighted by Gasteiger charge is 2.22. The molecule has 0 N–H and O–H groups in total. The van der Waals surface area contributed by atoms with Crippen molar-refractivity contribution in [3.05, 3.63) is 0 Å². The standard InChI is InChI=1S/C6H10O4.CH3Br/c1-4(5(7)9-2)6(8)10-3;1-2/h4H,1-3H3;1H3. The van der Waals surface area contributed by atoms with Gasteiger partial charge in [0.1, 0.15) is 0 Å². The number of esters is 2. The van der Waals surface area contributed by atoms with Crippen LogP contribution in [0.3, 0.4) is 0 Å². The number of hydrogen-bond donors (Lipinski definition) is 0. The Balaban J connectivity index is 0. The molecule has 0 fully saturated rings. The maximum atomic E-state index is 10.6. The second-order valence-electron chi connectivity index (χ2n) is 1.77. The van der Waals surface area contributed by atoms with Crippen LogP contribution in [-0.4, -0.2) is 32.0 Å². The summed E-state index contributed by atoms with van der Waals surface area (Å²) in [4.78, 5) is 21.2. The minimum atomic E-state index is -0.824. The van der Waals surface area contributed by atoms with Crippen molar-refractivity contribution in [2.75, 3.05) is 20.1 Å². The molecule has 0 aromatic rings. The van der Waals surface area contributed by atoms with Gasteiger partial charge < -0.3 is 9.47 Å². The summed E-state index contributed by atoms with van der Waals surface area (Å²) < 4.78 is 8.59. The van der Waals surface area contributed by atoms with Gasteiger partial charge in [0.05, 0.1) is 14.2 Å². The summed E-state index contributed by atoms with van der Waals surface area (Å²) in [6, 6.07) is 0. The van der Waals surface area contributed by atoms with E-state index in [0.29, 0.717) is 0 Å². The molecule has 0 aliphatic heterocycles. The largest absolute Gasteiger partial charge is 0.468 e. The molecule has 0 aliphatic carbocycles. The molecule has 0 heterocycles. The molecule has 0 unspecified atom stereocenters. The second-order valence-corrected chi connectivity index (χ2v) is 1.77. The van der Waals surface area contributed by atoms with Crippen molar-refractivity contribution in [3.8, 4) is 0 Å². The van der Waals surface area contributed by atoms with Crippen LogP contribution in [0.15, 0.2) is 0 Å². The van der Waals surface area contributed by atoms with Gasteiger partial charge in [0, 0.05) is 0 Å². The van der Waals surface area contributed by atoms with E-state index in [1.165, 1.54) is 21.1 Å². The normalized spacial score (nSPS) is 8.17. The summed E-state index contributed by atoms with van der Waals surface area (Å²) in [5.41, 5.74) is 0. The third-order valence-electron chi connectivity index (χ3n) is 1.11. The molecule has 0 amide bonds. The zero-order valence-corrected chi connectivity index (χ0v) is 9.17. The van der Waals surface area contributed by atoms with Crippen LogP contribution in [0.4, 0.5) is 0 Å². The van der Waals surface area contributed by atoms with E-state index in [9.17, 15) is 9.59 Å². The summed E-state index contributed by atoms with van der Waals surface area (Å²) in [7, 11) is 2.45. The van der Waals surface area contributed by atoms with Gasteiger partial charge in [-0.2, -0.15) is 0 Å². The first-order valence-corrected chi connectivity index (χ1v) is 4.75. The lowest BCUT2D eigenvalue weighted by Crippen LogP contribution is -2.23. The smallest absolute Gasteiger partial charge is 0.319 e. The molecule has 0 atom stereocenters. The molecule has 5 heteroatoms. The van der Waals surface area contributed by atoms with Crippen molar-refractivity contribution in [1.29, 1.82) is 0 Å². The van der Waals surface area contributed by atoms with Crippen molar-refractivity contribution in [1.82, 2.24) is 0 Å². The average Bonchev–Trinajstić information content (AvgIpc) is 2.17. The Morgan fingerprint density at radius 2 is 1.33 bits per heavy atom. The first-order valence-electron chi connectivity index (χ1n) is 3.17. The molecule has 12 heavy (non-hydrogen) atoms. The number of carbonyl (C=O) groups is 2. The van der Waals surface area contributed by atoms with Crippen molar-refractivity contribution in [3.63, 3.8) is 0 Å². The predicted molar refractivity (Wildman–Crippen MR) is 48.0 cm³/mol. The number of alkyl halides is 1. The Labute approximate surface area is 80.4 Å². The van der Waals surface area contributed by atoms with Gasteiger partial charge in [0.25, 0.3) is 0 Å². The zero-order chi connectivity index (χ0) is 10.1. The highest BCUT2D eigenvalue weighted by atomic mass is 79.9. The number of halogens is 1. The number of ether oxygens (including phenoxy) is 2. The quantitative estimate of drug-likeness (QED) is 0.411. The van der Waals surface area contributed by atoms with Crippen LogP contribution in [0.1, 0.15) is 6.92 Å². The molecule has 0 radical (unpaired) electrons. The third-order valence-corrected chi connectivity index (χ3v) is 1.11. The summed E-state index contributed by atoms with van der Waals surface area (Å²) in [6.07, 6.45) is 0. The van der Waals surface area contributed by atoms with Gasteiger partial charge in [0.15, 0.2) is 5.92 Å². The molecule has 0 saturated heterocycles.